The van der Waals surface area contributed by atoms with Crippen molar-refractivity contribution in [1.82, 2.24) is 4.98 Å². The van der Waals surface area contributed by atoms with Crippen molar-refractivity contribution in [3.05, 3.63) is 53.6 Å². The van der Waals surface area contributed by atoms with Gasteiger partial charge in [-0.2, -0.15) is 0 Å². The van der Waals surface area contributed by atoms with Gasteiger partial charge in [0.25, 0.3) is 0 Å². The lowest BCUT2D eigenvalue weighted by molar-refractivity contribution is 0.484. The first-order valence-corrected chi connectivity index (χ1v) is 21.5. The van der Waals surface area contributed by atoms with Gasteiger partial charge in [0.05, 0.1) is 11.0 Å². The number of hydrogen-bond acceptors (Lipinski definition) is 1. The van der Waals surface area contributed by atoms with Gasteiger partial charge < -0.3 is 0 Å². The summed E-state index contributed by atoms with van der Waals surface area (Å²) in [7, 11) is 0.0687. The van der Waals surface area contributed by atoms with Crippen LogP contribution in [0.4, 0.5) is 0 Å². The van der Waals surface area contributed by atoms with E-state index in [4.69, 9.17) is 4.98 Å². The molecule has 2 aromatic carbocycles. The molecule has 0 aliphatic heterocycles. The van der Waals surface area contributed by atoms with Crippen LogP contribution in [-0.4, -0.2) is 27.6 Å². The number of pyridine rings is 1. The second-order valence-electron chi connectivity index (χ2n) is 14.5. The van der Waals surface area contributed by atoms with Gasteiger partial charge in [-0.3, -0.25) is 0 Å². The highest BCUT2D eigenvalue weighted by Gasteiger charge is 2.33. The van der Waals surface area contributed by atoms with Crippen LogP contribution in [0.5, 0.6) is 0 Å². The number of nitrogens with zero attached hydrogens (tertiary/aromatic N) is 1. The number of aromatic nitrogens is 1. The van der Waals surface area contributed by atoms with Crippen LogP contribution in [-0.2, 0) is 12.3 Å². The maximum Gasteiger partial charge on any atom is 0.0745 e. The van der Waals surface area contributed by atoms with Gasteiger partial charge in [-0.1, -0.05) is 129 Å². The van der Waals surface area contributed by atoms with Crippen LogP contribution < -0.4 is 0 Å². The minimum Gasteiger partial charge on any atom is -0.247 e. The van der Waals surface area contributed by atoms with Gasteiger partial charge in [-0.15, -0.1) is 0 Å². The van der Waals surface area contributed by atoms with E-state index in [2.05, 4.69) is 42.5 Å². The molecule has 1 aromatic heterocycles. The van der Waals surface area contributed by atoms with Crippen molar-refractivity contribution in [1.29, 1.82) is 0 Å². The minimum atomic E-state index is 0.0343. The molecule has 0 N–H and O–H groups in total. The molecule has 0 saturated heterocycles. The Morgan fingerprint density at radius 3 is 1.12 bits per heavy atom. The van der Waals surface area contributed by atoms with Crippen LogP contribution in [0.3, 0.4) is 0 Å². The SMILES string of the molecule is c1cc(CP(C2CCCCC2)C2CCCCC2)c2nc3c(CP(C4CCCCC4)C4CCCCC4)cccc3cc2c1. The lowest BCUT2D eigenvalue weighted by Crippen LogP contribution is -2.21. The first-order chi connectivity index (χ1) is 20.8. The number of fused-ring (bicyclic) bond motifs is 2. The molecule has 4 aliphatic rings. The molecule has 0 atom stereocenters. The van der Waals surface area contributed by atoms with Crippen LogP contribution in [0, 0.1) is 0 Å². The fourth-order valence-electron chi connectivity index (χ4n) is 9.42. The highest BCUT2D eigenvalue weighted by Crippen LogP contribution is 2.59. The van der Waals surface area contributed by atoms with Crippen molar-refractivity contribution in [2.45, 2.75) is 163 Å². The predicted molar refractivity (Wildman–Crippen MR) is 188 cm³/mol. The molecule has 4 fully saturated rings. The van der Waals surface area contributed by atoms with Crippen LogP contribution in [0.15, 0.2) is 42.5 Å². The minimum absolute atomic E-state index is 0.0343. The maximum absolute atomic E-state index is 5.68. The van der Waals surface area contributed by atoms with Gasteiger partial charge in [0.15, 0.2) is 0 Å². The first-order valence-electron chi connectivity index (χ1n) is 18.2. The van der Waals surface area contributed by atoms with E-state index >= 15 is 0 Å². The second kappa shape index (κ2) is 14.4. The van der Waals surface area contributed by atoms with Crippen LogP contribution >= 0.6 is 15.8 Å². The molecule has 4 saturated carbocycles. The van der Waals surface area contributed by atoms with Crippen LogP contribution in [0.25, 0.3) is 21.8 Å². The molecule has 0 amide bonds. The molecule has 1 heterocycles. The lowest BCUT2D eigenvalue weighted by atomic mass is 9.99. The Hall–Kier alpha value is -1.03. The molecular formula is C39H55NP2. The fraction of sp³-hybridized carbons (Fsp3) is 0.667. The number of para-hydroxylation sites is 2. The summed E-state index contributed by atoms with van der Waals surface area (Å²) < 4.78 is 0. The highest BCUT2D eigenvalue weighted by atomic mass is 31.1. The molecule has 7 rings (SSSR count). The zero-order chi connectivity index (χ0) is 28.1. The van der Waals surface area contributed by atoms with Crippen molar-refractivity contribution >= 4 is 37.6 Å². The topological polar surface area (TPSA) is 12.9 Å². The smallest absolute Gasteiger partial charge is 0.0745 e. The Kier molecular flexibility index (Phi) is 10.2. The number of rotatable bonds is 8. The van der Waals surface area contributed by atoms with Gasteiger partial charge in [0.2, 0.25) is 0 Å². The Balaban J connectivity index is 1.23. The first kappa shape index (κ1) is 29.7. The third kappa shape index (κ3) is 6.79. The Morgan fingerprint density at radius 1 is 0.452 bits per heavy atom. The summed E-state index contributed by atoms with van der Waals surface area (Å²) in [5.74, 6) is 0. The van der Waals surface area contributed by atoms with E-state index in [1.165, 1.54) is 163 Å². The summed E-state index contributed by atoms with van der Waals surface area (Å²) in [6, 6.07) is 16.8. The molecule has 0 spiro atoms. The van der Waals surface area contributed by atoms with Gasteiger partial charge in [0, 0.05) is 10.8 Å². The van der Waals surface area contributed by atoms with Crippen molar-refractivity contribution in [3.8, 4) is 0 Å². The van der Waals surface area contributed by atoms with E-state index in [0.29, 0.717) is 0 Å². The van der Waals surface area contributed by atoms with Crippen molar-refractivity contribution in [3.63, 3.8) is 0 Å². The van der Waals surface area contributed by atoms with Gasteiger partial charge in [-0.05, 0) is 104 Å². The van der Waals surface area contributed by atoms with E-state index in [-0.39, 0.29) is 15.8 Å². The molecule has 226 valence electrons. The Bertz CT molecular complexity index is 1160. The summed E-state index contributed by atoms with van der Waals surface area (Å²) in [5.41, 5.74) is 9.83. The van der Waals surface area contributed by atoms with Gasteiger partial charge in [0.1, 0.15) is 0 Å². The third-order valence-electron chi connectivity index (χ3n) is 11.7. The van der Waals surface area contributed by atoms with Crippen LogP contribution in [0.1, 0.15) is 140 Å². The second-order valence-corrected chi connectivity index (χ2v) is 20.1. The zero-order valence-corrected chi connectivity index (χ0v) is 28.0. The molecule has 0 unspecified atom stereocenters. The molecule has 3 heteroatoms. The van der Waals surface area contributed by atoms with E-state index in [1.54, 1.807) is 11.1 Å². The summed E-state index contributed by atoms with van der Waals surface area (Å²) >= 11 is 0. The van der Waals surface area contributed by atoms with E-state index in [9.17, 15) is 0 Å². The maximum atomic E-state index is 5.68. The third-order valence-corrected chi connectivity index (χ3v) is 18.9. The van der Waals surface area contributed by atoms with E-state index < -0.39 is 0 Å². The Labute approximate surface area is 258 Å². The molecule has 4 aliphatic carbocycles. The lowest BCUT2D eigenvalue weighted by Gasteiger charge is -2.39. The van der Waals surface area contributed by atoms with Gasteiger partial charge in [-0.25, -0.2) is 4.98 Å². The summed E-state index contributed by atoms with van der Waals surface area (Å²) in [5, 5.41) is 2.75. The van der Waals surface area contributed by atoms with Crippen molar-refractivity contribution in [2.24, 2.45) is 0 Å². The summed E-state index contributed by atoms with van der Waals surface area (Å²) in [6.07, 6.45) is 32.3. The predicted octanol–water partition coefficient (Wildman–Crippen LogP) is 12.7. The quantitative estimate of drug-likeness (QED) is 0.185. The van der Waals surface area contributed by atoms with E-state index in [1.807, 2.05) is 0 Å². The van der Waals surface area contributed by atoms with E-state index in [0.717, 1.165) is 22.6 Å². The molecule has 0 bridgehead atoms. The van der Waals surface area contributed by atoms with Crippen molar-refractivity contribution in [2.75, 3.05) is 0 Å². The summed E-state index contributed by atoms with van der Waals surface area (Å²) in [6.45, 7) is 0. The fourth-order valence-corrected chi connectivity index (χ4v) is 17.1. The monoisotopic (exact) mass is 599 g/mol. The molecule has 0 radical (unpaired) electrons. The van der Waals surface area contributed by atoms with Crippen LogP contribution in [0.2, 0.25) is 0 Å². The van der Waals surface area contributed by atoms with Gasteiger partial charge >= 0.3 is 0 Å². The molecule has 3 aromatic rings. The average molecular weight is 600 g/mol. The summed E-state index contributed by atoms with van der Waals surface area (Å²) in [4.78, 5) is 5.68. The largest absolute Gasteiger partial charge is 0.247 e. The Morgan fingerprint density at radius 2 is 0.786 bits per heavy atom. The zero-order valence-electron chi connectivity index (χ0n) is 26.2. The molecular weight excluding hydrogens is 544 g/mol. The number of hydrogen-bond donors (Lipinski definition) is 0. The molecule has 42 heavy (non-hydrogen) atoms. The standard InChI is InChI=1S/C39H55NP2/c1-5-19-34(20-6-1)41(35-21-7-2-8-22-35)28-32-17-13-15-30-27-31-16-14-18-33(39(31)40-38(30)32)29-42(36-23-9-3-10-24-36)37-25-11-4-12-26-37/h13-18,27,34-37H,1-12,19-26,28-29H2. The van der Waals surface area contributed by atoms with Crippen molar-refractivity contribution < 1.29 is 0 Å². The average Bonchev–Trinajstić information content (AvgIpc) is 3.07. The normalized spacial score (nSPS) is 22.5. The highest BCUT2D eigenvalue weighted by molar-refractivity contribution is 7.58. The molecule has 1 nitrogen and oxygen atoms in total. The number of benzene rings is 2.